The number of rotatable bonds is 1. The SMILES string of the molecule is Nc1noc(-c2ccc(F)c3ccccc23)c1Br. The van der Waals surface area contributed by atoms with Gasteiger partial charge in [-0.05, 0) is 33.4 Å². The molecule has 1 aromatic heterocycles. The van der Waals surface area contributed by atoms with Crippen molar-refractivity contribution in [2.24, 2.45) is 0 Å². The Morgan fingerprint density at radius 2 is 1.83 bits per heavy atom. The van der Waals surface area contributed by atoms with Gasteiger partial charge in [-0.3, -0.25) is 0 Å². The molecule has 2 aromatic carbocycles. The van der Waals surface area contributed by atoms with Gasteiger partial charge in [0.25, 0.3) is 0 Å². The van der Waals surface area contributed by atoms with Gasteiger partial charge < -0.3 is 10.3 Å². The summed E-state index contributed by atoms with van der Waals surface area (Å²) in [4.78, 5) is 0. The first-order valence-electron chi connectivity index (χ1n) is 5.26. The van der Waals surface area contributed by atoms with Crippen LogP contribution in [-0.2, 0) is 0 Å². The molecule has 0 aliphatic rings. The highest BCUT2D eigenvalue weighted by molar-refractivity contribution is 9.10. The zero-order valence-electron chi connectivity index (χ0n) is 9.15. The zero-order valence-corrected chi connectivity index (χ0v) is 10.7. The van der Waals surface area contributed by atoms with Crippen LogP contribution in [0, 0.1) is 5.82 Å². The lowest BCUT2D eigenvalue weighted by atomic mass is 10.0. The second-order valence-electron chi connectivity index (χ2n) is 3.85. The van der Waals surface area contributed by atoms with E-state index in [4.69, 9.17) is 10.3 Å². The van der Waals surface area contributed by atoms with Crippen LogP contribution in [0.25, 0.3) is 22.1 Å². The third kappa shape index (κ3) is 1.59. The Hall–Kier alpha value is -1.88. The van der Waals surface area contributed by atoms with E-state index >= 15 is 0 Å². The molecule has 0 atom stereocenters. The van der Waals surface area contributed by atoms with E-state index in [0.717, 1.165) is 10.9 Å². The summed E-state index contributed by atoms with van der Waals surface area (Å²) in [7, 11) is 0. The van der Waals surface area contributed by atoms with Crippen molar-refractivity contribution in [2.45, 2.75) is 0 Å². The van der Waals surface area contributed by atoms with Crippen LogP contribution >= 0.6 is 15.9 Å². The fraction of sp³-hybridized carbons (Fsp3) is 0. The van der Waals surface area contributed by atoms with E-state index < -0.39 is 0 Å². The van der Waals surface area contributed by atoms with Crippen molar-refractivity contribution >= 4 is 32.5 Å². The lowest BCUT2D eigenvalue weighted by molar-refractivity contribution is 0.435. The standard InChI is InChI=1S/C13H8BrFN2O/c14-11-12(18-17-13(11)16)9-5-6-10(15)8-4-2-1-3-7(8)9/h1-6H,(H2,16,17). The Labute approximate surface area is 111 Å². The Kier molecular flexibility index (Phi) is 2.56. The summed E-state index contributed by atoms with van der Waals surface area (Å²) in [5.41, 5.74) is 6.38. The van der Waals surface area contributed by atoms with Gasteiger partial charge in [-0.2, -0.15) is 0 Å². The quantitative estimate of drug-likeness (QED) is 0.740. The van der Waals surface area contributed by atoms with Gasteiger partial charge in [-0.25, -0.2) is 4.39 Å². The maximum Gasteiger partial charge on any atom is 0.183 e. The maximum absolute atomic E-state index is 13.7. The van der Waals surface area contributed by atoms with E-state index in [9.17, 15) is 4.39 Å². The van der Waals surface area contributed by atoms with E-state index in [-0.39, 0.29) is 11.6 Å². The number of anilines is 1. The monoisotopic (exact) mass is 306 g/mol. The molecule has 0 aliphatic carbocycles. The molecule has 90 valence electrons. The molecule has 0 radical (unpaired) electrons. The predicted molar refractivity (Wildman–Crippen MR) is 71.5 cm³/mol. The molecule has 18 heavy (non-hydrogen) atoms. The molecule has 0 unspecified atom stereocenters. The number of hydrogen-bond acceptors (Lipinski definition) is 3. The Morgan fingerprint density at radius 3 is 2.50 bits per heavy atom. The third-order valence-electron chi connectivity index (χ3n) is 2.78. The van der Waals surface area contributed by atoms with Crippen molar-refractivity contribution in [1.29, 1.82) is 0 Å². The van der Waals surface area contributed by atoms with Crippen LogP contribution in [-0.4, -0.2) is 5.16 Å². The molecule has 3 aromatic rings. The van der Waals surface area contributed by atoms with Crippen molar-refractivity contribution in [1.82, 2.24) is 5.16 Å². The van der Waals surface area contributed by atoms with Crippen LogP contribution in [0.5, 0.6) is 0 Å². The maximum atomic E-state index is 13.7. The molecule has 5 heteroatoms. The number of nitrogen functional groups attached to an aromatic ring is 1. The summed E-state index contributed by atoms with van der Waals surface area (Å²) in [6.07, 6.45) is 0. The molecule has 0 amide bonds. The molecule has 1 heterocycles. The van der Waals surface area contributed by atoms with Crippen LogP contribution < -0.4 is 5.73 Å². The van der Waals surface area contributed by atoms with Gasteiger partial charge in [0.05, 0.1) is 0 Å². The normalized spacial score (nSPS) is 11.0. The Balaban J connectivity index is 2.37. The van der Waals surface area contributed by atoms with E-state index in [0.29, 0.717) is 15.6 Å². The highest BCUT2D eigenvalue weighted by Gasteiger charge is 2.16. The summed E-state index contributed by atoms with van der Waals surface area (Å²) in [6.45, 7) is 0. The molecule has 0 bridgehead atoms. The van der Waals surface area contributed by atoms with E-state index in [1.165, 1.54) is 6.07 Å². The Morgan fingerprint density at radius 1 is 1.11 bits per heavy atom. The molecule has 0 aliphatic heterocycles. The van der Waals surface area contributed by atoms with Crippen molar-refractivity contribution in [3.63, 3.8) is 0 Å². The predicted octanol–water partition coefficient (Wildman–Crippen LogP) is 3.98. The first-order valence-corrected chi connectivity index (χ1v) is 6.06. The minimum Gasteiger partial charge on any atom is -0.380 e. The second-order valence-corrected chi connectivity index (χ2v) is 4.64. The summed E-state index contributed by atoms with van der Waals surface area (Å²) < 4.78 is 19.5. The fourth-order valence-corrected chi connectivity index (χ4v) is 2.28. The number of nitrogens with zero attached hydrogens (tertiary/aromatic N) is 1. The minimum absolute atomic E-state index is 0.266. The highest BCUT2D eigenvalue weighted by atomic mass is 79.9. The fourth-order valence-electron chi connectivity index (χ4n) is 1.92. The van der Waals surface area contributed by atoms with Gasteiger partial charge >= 0.3 is 0 Å². The molecular weight excluding hydrogens is 299 g/mol. The first kappa shape index (κ1) is 11.2. The van der Waals surface area contributed by atoms with Crippen molar-refractivity contribution in [2.75, 3.05) is 5.73 Å². The molecule has 3 rings (SSSR count). The van der Waals surface area contributed by atoms with Gasteiger partial charge in [0.2, 0.25) is 0 Å². The van der Waals surface area contributed by atoms with Gasteiger partial charge in [0, 0.05) is 10.9 Å². The zero-order chi connectivity index (χ0) is 12.7. The number of benzene rings is 2. The molecular formula is C13H8BrFN2O. The van der Waals surface area contributed by atoms with E-state index in [2.05, 4.69) is 21.1 Å². The van der Waals surface area contributed by atoms with Gasteiger partial charge in [0.15, 0.2) is 11.6 Å². The van der Waals surface area contributed by atoms with Crippen LogP contribution in [0.15, 0.2) is 45.4 Å². The summed E-state index contributed by atoms with van der Waals surface area (Å²) in [5.74, 6) is 0.514. The van der Waals surface area contributed by atoms with Crippen LogP contribution in [0.3, 0.4) is 0 Å². The third-order valence-corrected chi connectivity index (χ3v) is 3.54. The molecule has 2 N–H and O–H groups in total. The highest BCUT2D eigenvalue weighted by Crippen LogP contribution is 2.37. The van der Waals surface area contributed by atoms with Crippen molar-refractivity contribution < 1.29 is 8.91 Å². The van der Waals surface area contributed by atoms with Crippen LogP contribution in [0.1, 0.15) is 0 Å². The molecule has 0 spiro atoms. The van der Waals surface area contributed by atoms with E-state index in [1.54, 1.807) is 18.2 Å². The molecule has 0 saturated carbocycles. The largest absolute Gasteiger partial charge is 0.380 e. The smallest absolute Gasteiger partial charge is 0.183 e. The minimum atomic E-state index is -0.266. The number of fused-ring (bicyclic) bond motifs is 1. The van der Waals surface area contributed by atoms with Gasteiger partial charge in [-0.1, -0.05) is 29.4 Å². The summed E-state index contributed by atoms with van der Waals surface area (Å²) in [6, 6.07) is 10.3. The molecule has 0 fully saturated rings. The molecule has 3 nitrogen and oxygen atoms in total. The number of hydrogen-bond donors (Lipinski definition) is 1. The van der Waals surface area contributed by atoms with Gasteiger partial charge in [0.1, 0.15) is 10.3 Å². The lowest BCUT2D eigenvalue weighted by Crippen LogP contribution is -1.85. The Bertz CT molecular complexity index is 739. The van der Waals surface area contributed by atoms with Crippen LogP contribution in [0.2, 0.25) is 0 Å². The average Bonchev–Trinajstić information content (AvgIpc) is 2.71. The molecule has 0 saturated heterocycles. The van der Waals surface area contributed by atoms with Gasteiger partial charge in [-0.15, -0.1) is 0 Å². The van der Waals surface area contributed by atoms with Crippen molar-refractivity contribution in [3.8, 4) is 11.3 Å². The van der Waals surface area contributed by atoms with Crippen LogP contribution in [0.4, 0.5) is 10.2 Å². The second kappa shape index (κ2) is 4.10. The summed E-state index contributed by atoms with van der Waals surface area (Å²) >= 11 is 3.32. The lowest BCUT2D eigenvalue weighted by Gasteiger charge is -2.04. The number of aromatic nitrogens is 1. The average molecular weight is 307 g/mol. The first-order chi connectivity index (χ1) is 8.68. The number of nitrogens with two attached hydrogens (primary N) is 1. The topological polar surface area (TPSA) is 52.0 Å². The summed E-state index contributed by atoms with van der Waals surface area (Å²) in [5, 5.41) is 4.98. The van der Waals surface area contributed by atoms with Crippen molar-refractivity contribution in [3.05, 3.63) is 46.7 Å². The van der Waals surface area contributed by atoms with E-state index in [1.807, 2.05) is 12.1 Å². The number of halogens is 2.